The summed E-state index contributed by atoms with van der Waals surface area (Å²) in [5.41, 5.74) is 6.95. The van der Waals surface area contributed by atoms with E-state index in [1.54, 1.807) is 0 Å². The van der Waals surface area contributed by atoms with Gasteiger partial charge < -0.3 is 11.1 Å². The molecule has 1 rings (SSSR count). The Balaban J connectivity index is 3.17. The molecular formula is C17H26N2OS. The highest BCUT2D eigenvalue weighted by molar-refractivity contribution is 7.80. The lowest BCUT2D eigenvalue weighted by Crippen LogP contribution is -2.45. The van der Waals surface area contributed by atoms with Crippen molar-refractivity contribution in [3.63, 3.8) is 0 Å². The van der Waals surface area contributed by atoms with Gasteiger partial charge in [-0.25, -0.2) is 0 Å². The number of amides is 1. The van der Waals surface area contributed by atoms with Crippen molar-refractivity contribution in [3.05, 3.63) is 29.8 Å². The number of nitrogens with one attached hydrogen (secondary N) is 1. The number of carbonyl (C=O) groups is 1. The Labute approximate surface area is 133 Å². The number of benzene rings is 1. The monoisotopic (exact) mass is 306 g/mol. The van der Waals surface area contributed by atoms with Gasteiger partial charge in [0.25, 0.3) is 0 Å². The van der Waals surface area contributed by atoms with Crippen molar-refractivity contribution in [2.24, 2.45) is 11.1 Å². The molecule has 0 atom stereocenters. The van der Waals surface area contributed by atoms with Crippen LogP contribution >= 0.6 is 12.2 Å². The maximum atomic E-state index is 12.7. The summed E-state index contributed by atoms with van der Waals surface area (Å²) in [6.45, 7) is 10.3. The van der Waals surface area contributed by atoms with Gasteiger partial charge in [-0.1, -0.05) is 65.0 Å². The molecule has 1 aromatic carbocycles. The molecule has 0 fully saturated rings. The number of rotatable bonds is 5. The molecular weight excluding hydrogens is 280 g/mol. The lowest BCUT2D eigenvalue weighted by Gasteiger charge is -2.30. The van der Waals surface area contributed by atoms with Crippen molar-refractivity contribution in [1.29, 1.82) is 0 Å². The van der Waals surface area contributed by atoms with E-state index in [0.29, 0.717) is 12.8 Å². The second kappa shape index (κ2) is 6.56. The maximum absolute atomic E-state index is 12.7. The van der Waals surface area contributed by atoms with E-state index in [-0.39, 0.29) is 16.3 Å². The minimum Gasteiger partial charge on any atom is -0.392 e. The molecule has 1 amide bonds. The first-order chi connectivity index (χ1) is 9.69. The van der Waals surface area contributed by atoms with Gasteiger partial charge in [-0.15, -0.1) is 0 Å². The minimum absolute atomic E-state index is 0.0474. The predicted molar refractivity (Wildman–Crippen MR) is 93.6 cm³/mol. The number of anilines is 1. The van der Waals surface area contributed by atoms with Crippen LogP contribution in [-0.4, -0.2) is 10.9 Å². The lowest BCUT2D eigenvalue weighted by atomic mass is 9.80. The number of carbonyl (C=O) groups excluding carboxylic acids is 1. The first-order valence-electron chi connectivity index (χ1n) is 7.40. The molecule has 0 aromatic heterocycles. The van der Waals surface area contributed by atoms with Crippen LogP contribution in [0.4, 0.5) is 5.69 Å². The van der Waals surface area contributed by atoms with Gasteiger partial charge in [-0.2, -0.15) is 0 Å². The summed E-state index contributed by atoms with van der Waals surface area (Å²) < 4.78 is 0. The first-order valence-corrected chi connectivity index (χ1v) is 7.80. The summed E-state index contributed by atoms with van der Waals surface area (Å²) in [5, 5.41) is 3.03. The van der Waals surface area contributed by atoms with Crippen LogP contribution in [0, 0.1) is 5.41 Å². The summed E-state index contributed by atoms with van der Waals surface area (Å²) in [7, 11) is 0. The average Bonchev–Trinajstić information content (AvgIpc) is 2.39. The van der Waals surface area contributed by atoms with E-state index in [0.717, 1.165) is 11.3 Å². The Bertz CT molecular complexity index is 528. The van der Waals surface area contributed by atoms with Gasteiger partial charge in [-0.3, -0.25) is 4.79 Å². The van der Waals surface area contributed by atoms with Crippen LogP contribution in [0.15, 0.2) is 24.3 Å². The Morgan fingerprint density at radius 2 is 1.71 bits per heavy atom. The molecule has 0 unspecified atom stereocenters. The first kappa shape index (κ1) is 17.6. The van der Waals surface area contributed by atoms with Crippen LogP contribution in [0.3, 0.4) is 0 Å². The van der Waals surface area contributed by atoms with E-state index in [1.807, 2.05) is 38.1 Å². The van der Waals surface area contributed by atoms with Crippen LogP contribution in [0.25, 0.3) is 0 Å². The summed E-state index contributed by atoms with van der Waals surface area (Å²) in [4.78, 5) is 13.0. The van der Waals surface area contributed by atoms with Gasteiger partial charge >= 0.3 is 0 Å². The molecule has 0 aliphatic heterocycles. The van der Waals surface area contributed by atoms with Crippen molar-refractivity contribution in [2.45, 2.75) is 52.9 Å². The molecule has 3 N–H and O–H groups in total. The van der Waals surface area contributed by atoms with Crippen molar-refractivity contribution in [2.75, 3.05) is 5.32 Å². The predicted octanol–water partition coefficient (Wildman–Crippen LogP) is 4.02. The fourth-order valence-corrected chi connectivity index (χ4v) is 2.90. The third kappa shape index (κ3) is 3.62. The normalized spacial score (nSPS) is 12.0. The molecule has 0 saturated carbocycles. The summed E-state index contributed by atoms with van der Waals surface area (Å²) in [6, 6.07) is 7.87. The molecule has 0 radical (unpaired) electrons. The third-order valence-corrected chi connectivity index (χ3v) is 4.49. The fraction of sp³-hybridized carbons (Fsp3) is 0.529. The van der Waals surface area contributed by atoms with Gasteiger partial charge in [0.05, 0.1) is 10.4 Å². The van der Waals surface area contributed by atoms with Crippen LogP contribution in [0.1, 0.15) is 53.0 Å². The molecule has 116 valence electrons. The molecule has 21 heavy (non-hydrogen) atoms. The topological polar surface area (TPSA) is 55.1 Å². The number of para-hydroxylation sites is 1. The van der Waals surface area contributed by atoms with Crippen molar-refractivity contribution in [1.82, 2.24) is 0 Å². The summed E-state index contributed by atoms with van der Waals surface area (Å²) >= 11 is 5.14. The van der Waals surface area contributed by atoms with Gasteiger partial charge in [0.1, 0.15) is 0 Å². The Hall–Kier alpha value is -1.42. The van der Waals surface area contributed by atoms with Crippen LogP contribution in [0.2, 0.25) is 0 Å². The summed E-state index contributed by atoms with van der Waals surface area (Å²) in [6.07, 6.45) is 1.20. The second-order valence-electron chi connectivity index (χ2n) is 6.40. The smallest absolute Gasteiger partial charge is 0.237 e. The lowest BCUT2D eigenvalue weighted by molar-refractivity contribution is -0.122. The van der Waals surface area contributed by atoms with Gasteiger partial charge in [0.15, 0.2) is 0 Å². The largest absolute Gasteiger partial charge is 0.392 e. The van der Waals surface area contributed by atoms with E-state index in [2.05, 4.69) is 26.1 Å². The van der Waals surface area contributed by atoms with E-state index < -0.39 is 5.41 Å². The zero-order chi connectivity index (χ0) is 16.3. The molecule has 0 aliphatic carbocycles. The number of hydrogen-bond donors (Lipinski definition) is 2. The Kier molecular flexibility index (Phi) is 5.51. The molecule has 0 bridgehead atoms. The minimum atomic E-state index is -0.777. The van der Waals surface area contributed by atoms with Gasteiger partial charge in [0.2, 0.25) is 5.91 Å². The summed E-state index contributed by atoms with van der Waals surface area (Å²) in [5.74, 6) is -0.114. The van der Waals surface area contributed by atoms with Crippen LogP contribution < -0.4 is 11.1 Å². The van der Waals surface area contributed by atoms with Crippen LogP contribution in [0.5, 0.6) is 0 Å². The maximum Gasteiger partial charge on any atom is 0.237 e. The molecule has 3 nitrogen and oxygen atoms in total. The third-order valence-electron chi connectivity index (χ3n) is 4.10. The molecule has 0 heterocycles. The van der Waals surface area contributed by atoms with Crippen molar-refractivity contribution < 1.29 is 4.79 Å². The quantitative estimate of drug-likeness (QED) is 0.808. The average molecular weight is 306 g/mol. The van der Waals surface area contributed by atoms with Crippen molar-refractivity contribution >= 4 is 28.8 Å². The molecule has 4 heteroatoms. The number of hydrogen-bond acceptors (Lipinski definition) is 2. The van der Waals surface area contributed by atoms with Crippen molar-refractivity contribution in [3.8, 4) is 0 Å². The standard InChI is InChI=1S/C17H26N2OS/c1-6-17(7-2,14(18)21)15(20)19-13-11-9-8-10-12(13)16(3,4)5/h8-11H,6-7H2,1-5H3,(H2,18,21)(H,19,20). The van der Waals surface area contributed by atoms with Crippen LogP contribution in [-0.2, 0) is 10.2 Å². The van der Waals surface area contributed by atoms with Gasteiger partial charge in [-0.05, 0) is 29.9 Å². The Morgan fingerprint density at radius 3 is 2.14 bits per heavy atom. The van der Waals surface area contributed by atoms with E-state index in [9.17, 15) is 4.79 Å². The van der Waals surface area contributed by atoms with Gasteiger partial charge in [0, 0.05) is 5.69 Å². The highest BCUT2D eigenvalue weighted by Crippen LogP contribution is 2.33. The Morgan fingerprint density at radius 1 is 1.19 bits per heavy atom. The molecule has 0 aliphatic rings. The SMILES string of the molecule is CCC(CC)(C(=O)Nc1ccccc1C(C)(C)C)C(N)=S. The zero-order valence-corrected chi connectivity index (χ0v) is 14.4. The van der Waals surface area contributed by atoms with E-state index in [1.165, 1.54) is 0 Å². The highest BCUT2D eigenvalue weighted by atomic mass is 32.1. The van der Waals surface area contributed by atoms with E-state index in [4.69, 9.17) is 18.0 Å². The molecule has 1 aromatic rings. The molecule has 0 saturated heterocycles. The van der Waals surface area contributed by atoms with E-state index >= 15 is 0 Å². The highest BCUT2D eigenvalue weighted by Gasteiger charge is 2.38. The second-order valence-corrected chi connectivity index (χ2v) is 6.84. The number of thiocarbonyl (C=S) groups is 1. The number of nitrogens with two attached hydrogens (primary N) is 1. The zero-order valence-electron chi connectivity index (χ0n) is 13.6. The molecule has 0 spiro atoms. The fourth-order valence-electron chi connectivity index (χ4n) is 2.52.